The molecule has 1 aliphatic carbocycles. The van der Waals surface area contributed by atoms with Crippen LogP contribution in [-0.4, -0.2) is 24.5 Å². The van der Waals surface area contributed by atoms with Crippen LogP contribution in [0, 0.1) is 5.92 Å². The Labute approximate surface area is 112 Å². The predicted molar refractivity (Wildman–Crippen MR) is 76.6 cm³/mol. The topological polar surface area (TPSA) is 41.1 Å². The van der Waals surface area contributed by atoms with Gasteiger partial charge in [0.2, 0.25) is 5.91 Å². The summed E-state index contributed by atoms with van der Waals surface area (Å²) in [7, 11) is 0. The van der Waals surface area contributed by atoms with Crippen LogP contribution in [0.25, 0.3) is 0 Å². The highest BCUT2D eigenvalue weighted by atomic mass is 16.1. The van der Waals surface area contributed by atoms with E-state index in [0.717, 1.165) is 12.8 Å². The van der Waals surface area contributed by atoms with Crippen LogP contribution < -0.4 is 10.6 Å². The van der Waals surface area contributed by atoms with Crippen molar-refractivity contribution in [1.82, 2.24) is 10.6 Å². The lowest BCUT2D eigenvalue weighted by Gasteiger charge is -2.23. The molecule has 2 N–H and O–H groups in total. The maximum Gasteiger partial charge on any atom is 0.234 e. The Morgan fingerprint density at radius 1 is 1.28 bits per heavy atom. The van der Waals surface area contributed by atoms with E-state index in [-0.39, 0.29) is 5.91 Å². The maximum absolute atomic E-state index is 11.8. The molecular weight excluding hydrogens is 224 g/mol. The van der Waals surface area contributed by atoms with Gasteiger partial charge < -0.3 is 10.6 Å². The zero-order valence-electron chi connectivity index (χ0n) is 12.3. The van der Waals surface area contributed by atoms with Crippen molar-refractivity contribution in [3.63, 3.8) is 0 Å². The van der Waals surface area contributed by atoms with Gasteiger partial charge in [0.15, 0.2) is 0 Å². The lowest BCUT2D eigenvalue weighted by Crippen LogP contribution is -2.44. The molecule has 106 valence electrons. The molecule has 3 nitrogen and oxygen atoms in total. The lowest BCUT2D eigenvalue weighted by atomic mass is 9.97. The van der Waals surface area contributed by atoms with Crippen molar-refractivity contribution in [3.05, 3.63) is 0 Å². The van der Waals surface area contributed by atoms with Gasteiger partial charge in [-0.05, 0) is 32.1 Å². The van der Waals surface area contributed by atoms with Crippen LogP contribution in [0.5, 0.6) is 0 Å². The first-order chi connectivity index (χ1) is 8.63. The first-order valence-corrected chi connectivity index (χ1v) is 7.66. The number of hydrogen-bond donors (Lipinski definition) is 2. The van der Waals surface area contributed by atoms with E-state index in [1.165, 1.54) is 32.1 Å². The molecule has 0 bridgehead atoms. The second-order valence-corrected chi connectivity index (χ2v) is 5.86. The minimum absolute atomic E-state index is 0.146. The van der Waals surface area contributed by atoms with Crippen LogP contribution in [-0.2, 0) is 4.79 Å². The van der Waals surface area contributed by atoms with Gasteiger partial charge in [-0.25, -0.2) is 0 Å². The van der Waals surface area contributed by atoms with Gasteiger partial charge in [0, 0.05) is 12.1 Å². The summed E-state index contributed by atoms with van der Waals surface area (Å²) >= 11 is 0. The van der Waals surface area contributed by atoms with Crippen molar-refractivity contribution in [2.75, 3.05) is 6.54 Å². The van der Waals surface area contributed by atoms with E-state index in [1.54, 1.807) is 0 Å². The zero-order valence-corrected chi connectivity index (χ0v) is 12.3. The van der Waals surface area contributed by atoms with Crippen LogP contribution in [0.4, 0.5) is 0 Å². The third-order valence-electron chi connectivity index (χ3n) is 4.02. The monoisotopic (exact) mass is 254 g/mol. The van der Waals surface area contributed by atoms with Gasteiger partial charge in [-0.1, -0.05) is 39.5 Å². The minimum atomic E-state index is 0.146. The number of rotatable bonds is 6. The smallest absolute Gasteiger partial charge is 0.234 e. The summed E-state index contributed by atoms with van der Waals surface area (Å²) in [6, 6.07) is 0.829. The molecule has 1 aliphatic rings. The SMILES string of the molecule is CCCC(C)NC(=O)CNC1CCCCCC1C. The summed E-state index contributed by atoms with van der Waals surface area (Å²) in [6.07, 6.45) is 8.70. The lowest BCUT2D eigenvalue weighted by molar-refractivity contribution is -0.121. The number of carbonyl (C=O) groups excluding carboxylic acids is 1. The molecule has 1 fully saturated rings. The molecule has 3 unspecified atom stereocenters. The summed E-state index contributed by atoms with van der Waals surface area (Å²) in [5, 5.41) is 6.50. The van der Waals surface area contributed by atoms with Crippen molar-refractivity contribution >= 4 is 5.91 Å². The van der Waals surface area contributed by atoms with Crippen LogP contribution in [0.1, 0.15) is 65.7 Å². The fraction of sp³-hybridized carbons (Fsp3) is 0.933. The number of hydrogen-bond acceptors (Lipinski definition) is 2. The molecule has 0 spiro atoms. The Bertz CT molecular complexity index is 243. The summed E-state index contributed by atoms with van der Waals surface area (Å²) < 4.78 is 0. The van der Waals surface area contributed by atoms with Gasteiger partial charge in [-0.2, -0.15) is 0 Å². The minimum Gasteiger partial charge on any atom is -0.353 e. The largest absolute Gasteiger partial charge is 0.353 e. The molecule has 0 aromatic rings. The van der Waals surface area contributed by atoms with Crippen molar-refractivity contribution in [2.45, 2.75) is 77.8 Å². The molecule has 3 atom stereocenters. The Hall–Kier alpha value is -0.570. The summed E-state index contributed by atoms with van der Waals surface area (Å²) in [4.78, 5) is 11.8. The zero-order chi connectivity index (χ0) is 13.4. The highest BCUT2D eigenvalue weighted by Crippen LogP contribution is 2.22. The van der Waals surface area contributed by atoms with Crippen LogP contribution >= 0.6 is 0 Å². The molecule has 0 saturated heterocycles. The molecule has 3 heteroatoms. The second kappa shape index (κ2) is 8.52. The summed E-state index contributed by atoms with van der Waals surface area (Å²) in [6.45, 7) is 7.01. The van der Waals surface area contributed by atoms with Crippen molar-refractivity contribution in [2.24, 2.45) is 5.92 Å². The predicted octanol–water partition coefficient (Wildman–Crippen LogP) is 2.85. The molecule has 1 amide bonds. The standard InChI is InChI=1S/C15H30N2O/c1-4-8-13(3)17-15(18)11-16-14-10-7-5-6-9-12(14)2/h12-14,16H,4-11H2,1-3H3,(H,17,18). The van der Waals surface area contributed by atoms with Gasteiger partial charge in [-0.3, -0.25) is 4.79 Å². The average molecular weight is 254 g/mol. The molecule has 0 aromatic carbocycles. The van der Waals surface area contributed by atoms with Gasteiger partial charge in [0.05, 0.1) is 6.54 Å². The highest BCUT2D eigenvalue weighted by Gasteiger charge is 2.20. The van der Waals surface area contributed by atoms with Crippen LogP contribution in [0.3, 0.4) is 0 Å². The highest BCUT2D eigenvalue weighted by molar-refractivity contribution is 5.78. The van der Waals surface area contributed by atoms with E-state index >= 15 is 0 Å². The summed E-state index contributed by atoms with van der Waals surface area (Å²) in [5.74, 6) is 0.848. The Balaban J connectivity index is 2.23. The van der Waals surface area contributed by atoms with E-state index in [9.17, 15) is 4.79 Å². The quantitative estimate of drug-likeness (QED) is 0.716. The summed E-state index contributed by atoms with van der Waals surface area (Å²) in [5.41, 5.74) is 0. The van der Waals surface area contributed by atoms with E-state index in [2.05, 4.69) is 31.4 Å². The first kappa shape index (κ1) is 15.5. The molecule has 0 heterocycles. The van der Waals surface area contributed by atoms with E-state index in [1.807, 2.05) is 0 Å². The maximum atomic E-state index is 11.8. The van der Waals surface area contributed by atoms with Crippen molar-refractivity contribution in [3.8, 4) is 0 Å². The van der Waals surface area contributed by atoms with E-state index < -0.39 is 0 Å². The molecule has 0 aromatic heterocycles. The Kier molecular flexibility index (Phi) is 7.33. The van der Waals surface area contributed by atoms with Gasteiger partial charge in [-0.15, -0.1) is 0 Å². The van der Waals surface area contributed by atoms with Crippen molar-refractivity contribution in [1.29, 1.82) is 0 Å². The normalized spacial score (nSPS) is 26.4. The van der Waals surface area contributed by atoms with E-state index in [4.69, 9.17) is 0 Å². The molecule has 1 rings (SSSR count). The third kappa shape index (κ3) is 5.85. The first-order valence-electron chi connectivity index (χ1n) is 7.66. The van der Waals surface area contributed by atoms with E-state index in [0.29, 0.717) is 24.5 Å². The van der Waals surface area contributed by atoms with Crippen molar-refractivity contribution < 1.29 is 4.79 Å². The molecule has 18 heavy (non-hydrogen) atoms. The second-order valence-electron chi connectivity index (χ2n) is 5.86. The van der Waals surface area contributed by atoms with Crippen LogP contribution in [0.15, 0.2) is 0 Å². The fourth-order valence-electron chi connectivity index (χ4n) is 2.85. The van der Waals surface area contributed by atoms with Gasteiger partial charge in [0.25, 0.3) is 0 Å². The fourth-order valence-corrected chi connectivity index (χ4v) is 2.85. The third-order valence-corrected chi connectivity index (χ3v) is 4.02. The number of amides is 1. The molecule has 0 radical (unpaired) electrons. The molecular formula is C15H30N2O. The van der Waals surface area contributed by atoms with Crippen LogP contribution in [0.2, 0.25) is 0 Å². The van der Waals surface area contributed by atoms with Gasteiger partial charge >= 0.3 is 0 Å². The Morgan fingerprint density at radius 3 is 2.72 bits per heavy atom. The number of carbonyl (C=O) groups is 1. The molecule has 1 saturated carbocycles. The Morgan fingerprint density at radius 2 is 2.00 bits per heavy atom. The number of nitrogens with one attached hydrogen (secondary N) is 2. The molecule has 0 aliphatic heterocycles. The average Bonchev–Trinajstić information content (AvgIpc) is 2.51. The van der Waals surface area contributed by atoms with Gasteiger partial charge in [0.1, 0.15) is 0 Å².